The second-order valence-electron chi connectivity index (χ2n) is 2.27. The minimum absolute atomic E-state index is 0.183. The molecule has 0 fully saturated rings. The molecule has 2 unspecified atom stereocenters. The van der Waals surface area contributed by atoms with Crippen LogP contribution in [0.4, 0.5) is 0 Å². The van der Waals surface area contributed by atoms with E-state index in [1.807, 2.05) is 6.92 Å². The highest BCUT2D eigenvalue weighted by Crippen LogP contribution is 2.25. The molecule has 0 amide bonds. The van der Waals surface area contributed by atoms with Crippen molar-refractivity contribution in [3.05, 3.63) is 5.51 Å². The van der Waals surface area contributed by atoms with Gasteiger partial charge in [0.2, 0.25) is 0 Å². The molecule has 0 spiro atoms. The van der Waals surface area contributed by atoms with Crippen molar-refractivity contribution in [2.45, 2.75) is 29.5 Å². The molecule has 1 aromatic rings. The molecule has 1 aromatic heterocycles. The smallest absolute Gasteiger partial charge is 0.174 e. The normalized spacial score (nSPS) is 16.3. The summed E-state index contributed by atoms with van der Waals surface area (Å²) in [6.45, 7) is 3.75. The van der Waals surface area contributed by atoms with Gasteiger partial charge in [0.1, 0.15) is 5.51 Å². The average Bonchev–Trinajstić information content (AvgIpc) is 2.39. The minimum Gasteiger partial charge on any atom is -0.392 e. The molecule has 1 N–H and O–H groups in total. The maximum atomic E-state index is 9.16. The van der Waals surface area contributed by atoms with E-state index in [4.69, 9.17) is 5.11 Å². The molecule has 0 aliphatic carbocycles. The van der Waals surface area contributed by atoms with Gasteiger partial charge < -0.3 is 5.11 Å². The van der Waals surface area contributed by atoms with E-state index in [-0.39, 0.29) is 11.4 Å². The zero-order chi connectivity index (χ0) is 8.27. The number of rotatable bonds is 3. The summed E-state index contributed by atoms with van der Waals surface area (Å²) in [6, 6.07) is 0. The van der Waals surface area contributed by atoms with Crippen molar-refractivity contribution in [2.75, 3.05) is 0 Å². The average molecular weight is 190 g/mol. The Morgan fingerprint density at radius 2 is 2.36 bits per heavy atom. The maximum Gasteiger partial charge on any atom is 0.174 e. The van der Waals surface area contributed by atoms with E-state index in [1.54, 1.807) is 24.2 Å². The fraction of sp³-hybridized carbons (Fsp3) is 0.667. The summed E-state index contributed by atoms with van der Waals surface area (Å²) < 4.78 is 0.915. The van der Waals surface area contributed by atoms with Crippen LogP contribution >= 0.6 is 23.1 Å². The van der Waals surface area contributed by atoms with Crippen LogP contribution in [-0.4, -0.2) is 26.7 Å². The first kappa shape index (κ1) is 8.96. The molecule has 0 bridgehead atoms. The van der Waals surface area contributed by atoms with Crippen molar-refractivity contribution >= 4 is 23.1 Å². The molecule has 2 atom stereocenters. The van der Waals surface area contributed by atoms with Gasteiger partial charge >= 0.3 is 0 Å². The van der Waals surface area contributed by atoms with Crippen LogP contribution in [0.2, 0.25) is 0 Å². The molecular weight excluding hydrogens is 180 g/mol. The van der Waals surface area contributed by atoms with Crippen molar-refractivity contribution in [3.8, 4) is 0 Å². The van der Waals surface area contributed by atoms with Crippen molar-refractivity contribution in [1.29, 1.82) is 0 Å². The maximum absolute atomic E-state index is 9.16. The standard InChI is InChI=1S/C6H10N2OS2/c1-4(9)5(2)11-6-8-7-3-10-6/h3-5,9H,1-2H3. The second-order valence-corrected chi connectivity index (χ2v) is 4.73. The molecule has 0 aromatic carbocycles. The second kappa shape index (κ2) is 4.04. The van der Waals surface area contributed by atoms with E-state index >= 15 is 0 Å². The predicted molar refractivity (Wildman–Crippen MR) is 46.9 cm³/mol. The van der Waals surface area contributed by atoms with Gasteiger partial charge in [0.05, 0.1) is 6.10 Å². The van der Waals surface area contributed by atoms with Gasteiger partial charge in [-0.25, -0.2) is 0 Å². The molecule has 0 saturated carbocycles. The van der Waals surface area contributed by atoms with E-state index < -0.39 is 0 Å². The van der Waals surface area contributed by atoms with E-state index in [2.05, 4.69) is 10.2 Å². The SMILES string of the molecule is CC(O)C(C)Sc1nncs1. The summed E-state index contributed by atoms with van der Waals surface area (Å²) >= 11 is 3.05. The number of thioether (sulfide) groups is 1. The molecule has 0 aliphatic rings. The third-order valence-electron chi connectivity index (χ3n) is 1.31. The van der Waals surface area contributed by atoms with Crippen molar-refractivity contribution in [1.82, 2.24) is 10.2 Å². The highest BCUT2D eigenvalue weighted by molar-refractivity contribution is 8.01. The first-order chi connectivity index (χ1) is 5.20. The van der Waals surface area contributed by atoms with Crippen LogP contribution in [0, 0.1) is 0 Å². The van der Waals surface area contributed by atoms with Crippen molar-refractivity contribution < 1.29 is 5.11 Å². The Bertz CT molecular complexity index is 200. The number of hydrogen-bond acceptors (Lipinski definition) is 5. The first-order valence-corrected chi connectivity index (χ1v) is 5.07. The summed E-state index contributed by atoms with van der Waals surface area (Å²) in [5, 5.41) is 16.9. The Labute approximate surface area is 73.9 Å². The van der Waals surface area contributed by atoms with Crippen LogP contribution in [0.25, 0.3) is 0 Å². The lowest BCUT2D eigenvalue weighted by Crippen LogP contribution is -2.14. The number of hydrogen-bond donors (Lipinski definition) is 1. The molecule has 11 heavy (non-hydrogen) atoms. The molecule has 5 heteroatoms. The highest BCUT2D eigenvalue weighted by atomic mass is 32.2. The Balaban J connectivity index is 2.43. The summed E-state index contributed by atoms with van der Waals surface area (Å²) in [5.74, 6) is 0. The number of aliphatic hydroxyl groups is 1. The summed E-state index contributed by atoms with van der Waals surface area (Å²) in [7, 11) is 0. The quantitative estimate of drug-likeness (QED) is 0.732. The number of aliphatic hydroxyl groups excluding tert-OH is 1. The van der Waals surface area contributed by atoms with Crippen LogP contribution < -0.4 is 0 Å². The van der Waals surface area contributed by atoms with Crippen molar-refractivity contribution in [2.24, 2.45) is 0 Å². The summed E-state index contributed by atoms with van der Waals surface area (Å²) in [4.78, 5) is 0. The molecule has 62 valence electrons. The lowest BCUT2D eigenvalue weighted by molar-refractivity contribution is 0.196. The highest BCUT2D eigenvalue weighted by Gasteiger charge is 2.11. The van der Waals surface area contributed by atoms with Gasteiger partial charge in [-0.1, -0.05) is 30.0 Å². The van der Waals surface area contributed by atoms with Gasteiger partial charge in [0.15, 0.2) is 4.34 Å². The lowest BCUT2D eigenvalue weighted by Gasteiger charge is -2.10. The topological polar surface area (TPSA) is 46.0 Å². The molecular formula is C6H10N2OS2. The molecule has 0 aliphatic heterocycles. The van der Waals surface area contributed by atoms with Crippen LogP contribution in [0.1, 0.15) is 13.8 Å². The largest absolute Gasteiger partial charge is 0.392 e. The lowest BCUT2D eigenvalue weighted by atomic mass is 10.3. The van der Waals surface area contributed by atoms with Crippen LogP contribution in [0.3, 0.4) is 0 Å². The summed E-state index contributed by atoms with van der Waals surface area (Å²) in [5.41, 5.74) is 1.69. The van der Waals surface area contributed by atoms with Gasteiger partial charge in [0, 0.05) is 5.25 Å². The van der Waals surface area contributed by atoms with Gasteiger partial charge in [-0.3, -0.25) is 0 Å². The number of nitrogens with zero attached hydrogens (tertiary/aromatic N) is 2. The fourth-order valence-electron chi connectivity index (χ4n) is 0.472. The molecule has 1 heterocycles. The zero-order valence-electron chi connectivity index (χ0n) is 6.39. The van der Waals surface area contributed by atoms with Gasteiger partial charge in [-0.05, 0) is 6.92 Å². The third kappa shape index (κ3) is 2.76. The van der Waals surface area contributed by atoms with Gasteiger partial charge in [-0.15, -0.1) is 10.2 Å². The molecule has 1 rings (SSSR count). The fourth-order valence-corrected chi connectivity index (χ4v) is 2.17. The first-order valence-electron chi connectivity index (χ1n) is 3.31. The van der Waals surface area contributed by atoms with Crippen molar-refractivity contribution in [3.63, 3.8) is 0 Å². The van der Waals surface area contributed by atoms with E-state index in [1.165, 1.54) is 11.3 Å². The Kier molecular flexibility index (Phi) is 3.29. The molecule has 0 radical (unpaired) electrons. The van der Waals surface area contributed by atoms with Gasteiger partial charge in [0.25, 0.3) is 0 Å². The van der Waals surface area contributed by atoms with E-state index in [0.29, 0.717) is 0 Å². The summed E-state index contributed by atoms with van der Waals surface area (Å²) in [6.07, 6.45) is -0.302. The Hall–Kier alpha value is -0.130. The van der Waals surface area contributed by atoms with Crippen LogP contribution in [0.5, 0.6) is 0 Å². The van der Waals surface area contributed by atoms with Crippen LogP contribution in [-0.2, 0) is 0 Å². The third-order valence-corrected chi connectivity index (χ3v) is 3.42. The molecule has 3 nitrogen and oxygen atoms in total. The Morgan fingerprint density at radius 1 is 1.64 bits per heavy atom. The van der Waals surface area contributed by atoms with Crippen LogP contribution in [0.15, 0.2) is 9.85 Å². The zero-order valence-corrected chi connectivity index (χ0v) is 8.02. The minimum atomic E-state index is -0.302. The molecule has 0 saturated heterocycles. The van der Waals surface area contributed by atoms with E-state index in [9.17, 15) is 0 Å². The Morgan fingerprint density at radius 3 is 2.82 bits per heavy atom. The monoisotopic (exact) mass is 190 g/mol. The van der Waals surface area contributed by atoms with Gasteiger partial charge in [-0.2, -0.15) is 0 Å². The van der Waals surface area contributed by atoms with E-state index in [0.717, 1.165) is 4.34 Å². The number of aromatic nitrogens is 2. The predicted octanol–water partition coefficient (Wildman–Crippen LogP) is 1.40.